The first-order valence-corrected chi connectivity index (χ1v) is 7.15. The Morgan fingerprint density at radius 3 is 2.20 bits per heavy atom. The Kier molecular flexibility index (Phi) is 4.28. The summed E-state index contributed by atoms with van der Waals surface area (Å²) in [5.74, 6) is -1.83. The topological polar surface area (TPSA) is 35.2 Å². The summed E-state index contributed by atoms with van der Waals surface area (Å²) in [6, 6.07) is 2.24. The summed E-state index contributed by atoms with van der Waals surface area (Å²) < 4.78 is 33.3. The molecule has 20 heavy (non-hydrogen) atoms. The number of hydrogen-bond donors (Lipinski definition) is 1. The Labute approximate surface area is 123 Å². The number of nitrogens with two attached hydrogens (primary N) is 1. The number of thiocarbonyl (C=S) groups is 1. The van der Waals surface area contributed by atoms with E-state index in [9.17, 15) is 8.78 Å². The lowest BCUT2D eigenvalue weighted by Gasteiger charge is -2.34. The van der Waals surface area contributed by atoms with Gasteiger partial charge in [0.1, 0.15) is 4.99 Å². The van der Waals surface area contributed by atoms with Crippen LogP contribution >= 0.6 is 12.2 Å². The molecule has 5 heteroatoms. The lowest BCUT2D eigenvalue weighted by atomic mass is 9.76. The van der Waals surface area contributed by atoms with Crippen LogP contribution in [0.1, 0.15) is 45.1 Å². The van der Waals surface area contributed by atoms with Gasteiger partial charge in [0, 0.05) is 5.56 Å². The molecule has 1 aliphatic carbocycles. The second-order valence-electron chi connectivity index (χ2n) is 6.11. The first kappa shape index (κ1) is 15.2. The van der Waals surface area contributed by atoms with Crippen LogP contribution in [-0.2, 0) is 0 Å². The van der Waals surface area contributed by atoms with Gasteiger partial charge in [0.2, 0.25) is 0 Å². The summed E-state index contributed by atoms with van der Waals surface area (Å²) >= 11 is 4.71. The number of halogens is 2. The van der Waals surface area contributed by atoms with Crippen LogP contribution in [0.2, 0.25) is 0 Å². The summed E-state index contributed by atoms with van der Waals surface area (Å²) in [6.45, 7) is 4.39. The summed E-state index contributed by atoms with van der Waals surface area (Å²) in [5, 5.41) is 0. The highest BCUT2D eigenvalue weighted by Gasteiger charge is 2.29. The van der Waals surface area contributed by atoms with Crippen molar-refractivity contribution in [1.29, 1.82) is 0 Å². The molecule has 0 radical (unpaired) electrons. The van der Waals surface area contributed by atoms with Gasteiger partial charge in [-0.15, -0.1) is 0 Å². The molecule has 0 unspecified atom stereocenters. The maximum Gasteiger partial charge on any atom is 0.191 e. The molecule has 0 heterocycles. The molecule has 0 aliphatic heterocycles. The Morgan fingerprint density at radius 1 is 1.25 bits per heavy atom. The summed E-state index contributed by atoms with van der Waals surface area (Å²) in [5.41, 5.74) is 5.83. The molecule has 0 amide bonds. The maximum atomic E-state index is 13.9. The van der Waals surface area contributed by atoms with Crippen molar-refractivity contribution in [2.24, 2.45) is 11.1 Å². The molecular weight excluding hydrogens is 280 g/mol. The van der Waals surface area contributed by atoms with Crippen LogP contribution < -0.4 is 10.5 Å². The van der Waals surface area contributed by atoms with Crippen molar-refractivity contribution in [1.82, 2.24) is 0 Å². The molecule has 1 fully saturated rings. The molecule has 0 bridgehead atoms. The monoisotopic (exact) mass is 299 g/mol. The van der Waals surface area contributed by atoms with E-state index in [-0.39, 0.29) is 27.8 Å². The second-order valence-corrected chi connectivity index (χ2v) is 6.55. The van der Waals surface area contributed by atoms with Gasteiger partial charge in [0.05, 0.1) is 6.10 Å². The average Bonchev–Trinajstić information content (AvgIpc) is 2.35. The lowest BCUT2D eigenvalue weighted by Crippen LogP contribution is -2.29. The largest absolute Gasteiger partial charge is 0.484 e. The van der Waals surface area contributed by atoms with E-state index in [2.05, 4.69) is 13.8 Å². The van der Waals surface area contributed by atoms with Crippen LogP contribution in [0.25, 0.3) is 0 Å². The molecular formula is C15H19F2NOS. The highest BCUT2D eigenvalue weighted by atomic mass is 32.1. The van der Waals surface area contributed by atoms with E-state index in [1.165, 1.54) is 0 Å². The summed E-state index contributed by atoms with van der Waals surface area (Å²) in [7, 11) is 0. The highest BCUT2D eigenvalue weighted by molar-refractivity contribution is 7.80. The predicted octanol–water partition coefficient (Wildman–Crippen LogP) is 3.95. The molecule has 2 nitrogen and oxygen atoms in total. The molecule has 0 spiro atoms. The van der Waals surface area contributed by atoms with E-state index in [0.29, 0.717) is 0 Å². The first-order chi connectivity index (χ1) is 9.28. The van der Waals surface area contributed by atoms with E-state index >= 15 is 0 Å². The minimum absolute atomic E-state index is 0.0336. The third-order valence-electron chi connectivity index (χ3n) is 3.85. The molecule has 1 aromatic carbocycles. The van der Waals surface area contributed by atoms with Gasteiger partial charge in [0.15, 0.2) is 17.4 Å². The van der Waals surface area contributed by atoms with Crippen LogP contribution in [0, 0.1) is 17.0 Å². The zero-order valence-corrected chi connectivity index (χ0v) is 12.5. The third-order valence-corrected chi connectivity index (χ3v) is 4.09. The molecule has 0 aromatic heterocycles. The van der Waals surface area contributed by atoms with Crippen LogP contribution in [0.4, 0.5) is 8.78 Å². The van der Waals surface area contributed by atoms with Crippen molar-refractivity contribution in [2.75, 3.05) is 0 Å². The molecule has 2 rings (SSSR count). The molecule has 1 saturated carbocycles. The average molecular weight is 299 g/mol. The standard InChI is InChI=1S/C15H19F2NOS/c1-15(2)5-3-10(4-6-15)19-13-11(16)7-9(14(18)20)8-12(13)17/h7-8,10H,3-6H2,1-2H3,(H2,18,20). The maximum absolute atomic E-state index is 13.9. The van der Waals surface area contributed by atoms with Gasteiger partial charge in [-0.05, 0) is 43.2 Å². The number of benzene rings is 1. The van der Waals surface area contributed by atoms with E-state index < -0.39 is 11.6 Å². The summed E-state index contributed by atoms with van der Waals surface area (Å²) in [6.07, 6.45) is 3.46. The Morgan fingerprint density at radius 2 is 1.75 bits per heavy atom. The van der Waals surface area contributed by atoms with Crippen molar-refractivity contribution in [3.63, 3.8) is 0 Å². The van der Waals surface area contributed by atoms with Crippen LogP contribution in [0.15, 0.2) is 12.1 Å². The fourth-order valence-electron chi connectivity index (χ4n) is 2.47. The molecule has 110 valence electrons. The SMILES string of the molecule is CC1(C)CCC(Oc2c(F)cc(C(N)=S)cc2F)CC1. The van der Waals surface area contributed by atoms with Gasteiger partial charge >= 0.3 is 0 Å². The van der Waals surface area contributed by atoms with E-state index in [1.807, 2.05) is 0 Å². The van der Waals surface area contributed by atoms with Crippen molar-refractivity contribution >= 4 is 17.2 Å². The van der Waals surface area contributed by atoms with E-state index in [0.717, 1.165) is 37.8 Å². The minimum atomic E-state index is -0.752. The molecule has 0 saturated heterocycles. The first-order valence-electron chi connectivity index (χ1n) is 6.74. The Balaban J connectivity index is 2.12. The predicted molar refractivity (Wildman–Crippen MR) is 78.9 cm³/mol. The van der Waals surface area contributed by atoms with Gasteiger partial charge in [-0.3, -0.25) is 0 Å². The van der Waals surface area contributed by atoms with Crippen LogP contribution in [0.5, 0.6) is 5.75 Å². The quantitative estimate of drug-likeness (QED) is 0.858. The zero-order chi connectivity index (χ0) is 14.9. The van der Waals surface area contributed by atoms with Crippen molar-refractivity contribution in [3.8, 4) is 5.75 Å². The van der Waals surface area contributed by atoms with Crippen LogP contribution in [0.3, 0.4) is 0 Å². The number of ether oxygens (including phenoxy) is 1. The molecule has 0 atom stereocenters. The fourth-order valence-corrected chi connectivity index (χ4v) is 2.59. The second kappa shape index (κ2) is 5.64. The summed E-state index contributed by atoms with van der Waals surface area (Å²) in [4.78, 5) is -0.0336. The molecule has 1 aliphatic rings. The Hall–Kier alpha value is -1.23. The molecule has 1 aromatic rings. The van der Waals surface area contributed by atoms with E-state index in [1.54, 1.807) is 0 Å². The van der Waals surface area contributed by atoms with Gasteiger partial charge in [-0.2, -0.15) is 0 Å². The minimum Gasteiger partial charge on any atom is -0.484 e. The van der Waals surface area contributed by atoms with E-state index in [4.69, 9.17) is 22.7 Å². The molecule has 2 N–H and O–H groups in total. The van der Waals surface area contributed by atoms with Crippen molar-refractivity contribution in [3.05, 3.63) is 29.3 Å². The highest BCUT2D eigenvalue weighted by Crippen LogP contribution is 2.37. The van der Waals surface area contributed by atoms with Gasteiger partial charge in [-0.25, -0.2) is 8.78 Å². The normalized spacial score (nSPS) is 18.8. The fraction of sp³-hybridized carbons (Fsp3) is 0.533. The Bertz CT molecular complexity index is 498. The van der Waals surface area contributed by atoms with Crippen LogP contribution in [-0.4, -0.2) is 11.1 Å². The van der Waals surface area contributed by atoms with Gasteiger partial charge in [-0.1, -0.05) is 26.1 Å². The smallest absolute Gasteiger partial charge is 0.191 e. The van der Waals surface area contributed by atoms with Crippen molar-refractivity contribution < 1.29 is 13.5 Å². The lowest BCUT2D eigenvalue weighted by molar-refractivity contribution is 0.0914. The zero-order valence-electron chi connectivity index (χ0n) is 11.7. The van der Waals surface area contributed by atoms with Gasteiger partial charge < -0.3 is 10.5 Å². The third kappa shape index (κ3) is 3.45. The number of rotatable bonds is 3. The van der Waals surface area contributed by atoms with Crippen molar-refractivity contribution in [2.45, 2.75) is 45.6 Å². The van der Waals surface area contributed by atoms with Gasteiger partial charge in [0.25, 0.3) is 0 Å². The number of hydrogen-bond acceptors (Lipinski definition) is 2.